The third kappa shape index (κ3) is 2.62. The van der Waals surface area contributed by atoms with Gasteiger partial charge in [-0.05, 0) is 18.2 Å². The molecule has 0 saturated heterocycles. The van der Waals surface area contributed by atoms with E-state index >= 15 is 0 Å². The Morgan fingerprint density at radius 3 is 2.72 bits per heavy atom. The summed E-state index contributed by atoms with van der Waals surface area (Å²) in [5.74, 6) is -0.538. The first-order valence-corrected chi connectivity index (χ1v) is 6.71. The van der Waals surface area contributed by atoms with Crippen LogP contribution in [0.2, 0.25) is 5.02 Å². The Labute approximate surface area is 108 Å². The molecule has 0 fully saturated rings. The second-order valence-electron chi connectivity index (χ2n) is 3.58. The van der Waals surface area contributed by atoms with Crippen LogP contribution < -0.4 is 4.72 Å². The van der Waals surface area contributed by atoms with E-state index in [4.69, 9.17) is 11.6 Å². The van der Waals surface area contributed by atoms with Crippen LogP contribution in [0.3, 0.4) is 0 Å². The van der Waals surface area contributed by atoms with Crippen LogP contribution in [-0.4, -0.2) is 18.2 Å². The van der Waals surface area contributed by atoms with E-state index in [2.05, 4.69) is 9.82 Å². The van der Waals surface area contributed by atoms with Crippen LogP contribution in [0.25, 0.3) is 0 Å². The van der Waals surface area contributed by atoms with Gasteiger partial charge in [-0.15, -0.1) is 0 Å². The van der Waals surface area contributed by atoms with E-state index in [-0.39, 0.29) is 15.6 Å². The van der Waals surface area contributed by atoms with Gasteiger partial charge in [0.2, 0.25) is 0 Å². The summed E-state index contributed by atoms with van der Waals surface area (Å²) in [6.07, 6.45) is 2.56. The van der Waals surface area contributed by atoms with Crippen LogP contribution in [0.1, 0.15) is 0 Å². The average Bonchev–Trinajstić information content (AvgIpc) is 2.70. The van der Waals surface area contributed by atoms with Crippen LogP contribution in [0, 0.1) is 5.82 Å². The molecule has 18 heavy (non-hydrogen) atoms. The topological polar surface area (TPSA) is 64.0 Å². The highest BCUT2D eigenvalue weighted by molar-refractivity contribution is 7.92. The number of benzene rings is 1. The Morgan fingerprint density at radius 1 is 1.44 bits per heavy atom. The first-order valence-electron chi connectivity index (χ1n) is 4.85. The van der Waals surface area contributed by atoms with Gasteiger partial charge >= 0.3 is 0 Å². The van der Waals surface area contributed by atoms with Gasteiger partial charge in [0.05, 0.1) is 16.9 Å². The van der Waals surface area contributed by atoms with E-state index in [1.54, 1.807) is 7.05 Å². The second-order valence-corrected chi connectivity index (χ2v) is 5.67. The molecule has 0 bridgehead atoms. The maximum absolute atomic E-state index is 12.8. The van der Waals surface area contributed by atoms with Gasteiger partial charge < -0.3 is 0 Å². The quantitative estimate of drug-likeness (QED) is 0.940. The van der Waals surface area contributed by atoms with Gasteiger partial charge in [0, 0.05) is 13.2 Å². The summed E-state index contributed by atoms with van der Waals surface area (Å²) in [6, 6.07) is 3.40. The van der Waals surface area contributed by atoms with Gasteiger partial charge in [0.1, 0.15) is 10.7 Å². The molecule has 1 aromatic heterocycles. The van der Waals surface area contributed by atoms with Crippen molar-refractivity contribution in [3.05, 3.63) is 41.4 Å². The van der Waals surface area contributed by atoms with E-state index in [0.717, 1.165) is 12.1 Å². The summed E-state index contributed by atoms with van der Waals surface area (Å²) in [5.41, 5.74) is 0.113. The lowest BCUT2D eigenvalue weighted by Crippen LogP contribution is -2.12. The van der Waals surface area contributed by atoms with Crippen molar-refractivity contribution < 1.29 is 12.8 Å². The minimum atomic E-state index is -3.77. The smallest absolute Gasteiger partial charge is 0.265 e. The molecule has 0 aliphatic carbocycles. The minimum Gasteiger partial charge on any atom is -0.278 e. The van der Waals surface area contributed by atoms with Crippen LogP contribution in [0.15, 0.2) is 35.5 Å². The summed E-state index contributed by atoms with van der Waals surface area (Å²) in [4.78, 5) is 0.00499. The maximum Gasteiger partial charge on any atom is 0.265 e. The molecule has 0 amide bonds. The Bertz CT molecular complexity index is 684. The summed E-state index contributed by atoms with van der Waals surface area (Å²) in [6.45, 7) is 0. The van der Waals surface area contributed by atoms with Gasteiger partial charge in [-0.3, -0.25) is 9.40 Å². The van der Waals surface area contributed by atoms with Gasteiger partial charge in [-0.2, -0.15) is 5.10 Å². The summed E-state index contributed by atoms with van der Waals surface area (Å²) in [5, 5.41) is 3.75. The molecule has 0 spiro atoms. The number of hydrogen-bond donors (Lipinski definition) is 1. The lowest BCUT2D eigenvalue weighted by Gasteiger charge is -2.07. The predicted octanol–water partition coefficient (Wildman–Crippen LogP) is 2.01. The molecular weight excluding hydrogens is 281 g/mol. The standard InChI is InChI=1S/C10H9ClFN3O2S/c1-15-6-8(5-13-15)18(16,17)14-10-3-2-7(12)4-9(10)11/h2-6,14H,1H3. The maximum atomic E-state index is 12.8. The highest BCUT2D eigenvalue weighted by Gasteiger charge is 2.17. The molecule has 0 unspecified atom stereocenters. The highest BCUT2D eigenvalue weighted by Crippen LogP contribution is 2.25. The molecular formula is C10H9ClFN3O2S. The van der Waals surface area contributed by atoms with Gasteiger partial charge in [-0.1, -0.05) is 11.6 Å². The van der Waals surface area contributed by atoms with Crippen molar-refractivity contribution in [2.45, 2.75) is 4.90 Å². The number of sulfonamides is 1. The molecule has 0 aliphatic rings. The molecule has 1 aromatic carbocycles. The van der Waals surface area contributed by atoms with Crippen molar-refractivity contribution in [1.82, 2.24) is 9.78 Å². The van der Waals surface area contributed by atoms with Crippen molar-refractivity contribution >= 4 is 27.3 Å². The fourth-order valence-electron chi connectivity index (χ4n) is 1.31. The summed E-state index contributed by atoms with van der Waals surface area (Å²) < 4.78 is 40.3. The monoisotopic (exact) mass is 289 g/mol. The molecule has 1 heterocycles. The van der Waals surface area contributed by atoms with Gasteiger partial charge in [-0.25, -0.2) is 12.8 Å². The molecule has 0 saturated carbocycles. The second kappa shape index (κ2) is 4.58. The van der Waals surface area contributed by atoms with E-state index < -0.39 is 15.8 Å². The Hall–Kier alpha value is -1.60. The van der Waals surface area contributed by atoms with Gasteiger partial charge in [0.25, 0.3) is 10.0 Å². The lowest BCUT2D eigenvalue weighted by molar-refractivity contribution is 0.601. The molecule has 1 N–H and O–H groups in total. The zero-order valence-corrected chi connectivity index (χ0v) is 10.8. The lowest BCUT2D eigenvalue weighted by atomic mass is 10.3. The van der Waals surface area contributed by atoms with Gasteiger partial charge in [0.15, 0.2) is 0 Å². The van der Waals surface area contributed by atoms with Crippen molar-refractivity contribution in [1.29, 1.82) is 0 Å². The number of rotatable bonds is 3. The third-order valence-electron chi connectivity index (χ3n) is 2.17. The number of nitrogens with zero attached hydrogens (tertiary/aromatic N) is 2. The molecule has 0 aliphatic heterocycles. The molecule has 2 rings (SSSR count). The largest absolute Gasteiger partial charge is 0.278 e. The van der Waals surface area contributed by atoms with E-state index in [1.165, 1.54) is 23.1 Å². The van der Waals surface area contributed by atoms with E-state index in [9.17, 15) is 12.8 Å². The minimum absolute atomic E-state index is 0.00499. The number of halogens is 2. The fraction of sp³-hybridized carbons (Fsp3) is 0.100. The average molecular weight is 290 g/mol. The summed E-state index contributed by atoms with van der Waals surface area (Å²) >= 11 is 5.74. The molecule has 96 valence electrons. The Balaban J connectivity index is 2.33. The van der Waals surface area contributed by atoms with Crippen molar-refractivity contribution in [2.24, 2.45) is 7.05 Å². The van der Waals surface area contributed by atoms with Crippen LogP contribution in [-0.2, 0) is 17.1 Å². The number of nitrogens with one attached hydrogen (secondary N) is 1. The number of hydrogen-bond acceptors (Lipinski definition) is 3. The first-order chi connectivity index (χ1) is 8.38. The molecule has 2 aromatic rings. The zero-order chi connectivity index (χ0) is 13.3. The van der Waals surface area contributed by atoms with Crippen LogP contribution >= 0.6 is 11.6 Å². The third-order valence-corrected chi connectivity index (χ3v) is 3.80. The van der Waals surface area contributed by atoms with Crippen molar-refractivity contribution in [3.63, 3.8) is 0 Å². The normalized spacial score (nSPS) is 11.5. The summed E-state index contributed by atoms with van der Waals surface area (Å²) in [7, 11) is -2.17. The zero-order valence-electron chi connectivity index (χ0n) is 9.26. The van der Waals surface area contributed by atoms with Crippen LogP contribution in [0.5, 0.6) is 0 Å². The number of aromatic nitrogens is 2. The molecule has 8 heteroatoms. The van der Waals surface area contributed by atoms with E-state index in [0.29, 0.717) is 0 Å². The van der Waals surface area contributed by atoms with E-state index in [1.807, 2.05) is 0 Å². The molecule has 0 radical (unpaired) electrons. The van der Waals surface area contributed by atoms with Crippen molar-refractivity contribution in [2.75, 3.05) is 4.72 Å². The highest BCUT2D eigenvalue weighted by atomic mass is 35.5. The number of anilines is 1. The first kappa shape index (κ1) is 12.8. The fourth-order valence-corrected chi connectivity index (χ4v) is 2.65. The Morgan fingerprint density at radius 2 is 2.17 bits per heavy atom. The van der Waals surface area contributed by atoms with Crippen LogP contribution in [0.4, 0.5) is 10.1 Å². The SMILES string of the molecule is Cn1cc(S(=O)(=O)Nc2ccc(F)cc2Cl)cn1. The molecule has 0 atom stereocenters. The van der Waals surface area contributed by atoms with Crippen molar-refractivity contribution in [3.8, 4) is 0 Å². The molecule has 5 nitrogen and oxygen atoms in total. The number of aryl methyl sites for hydroxylation is 1. The Kier molecular flexibility index (Phi) is 3.27. The predicted molar refractivity (Wildman–Crippen MR) is 65.4 cm³/mol.